The SMILES string of the molecule is CC(C)c1ccc(OCc2cccc(C(=O)O)c2)c(Br)c1. The van der Waals surface area contributed by atoms with E-state index in [-0.39, 0.29) is 5.56 Å². The van der Waals surface area contributed by atoms with Crippen molar-refractivity contribution in [3.63, 3.8) is 0 Å². The summed E-state index contributed by atoms with van der Waals surface area (Å²) in [6.07, 6.45) is 0. The number of rotatable bonds is 5. The van der Waals surface area contributed by atoms with Gasteiger partial charge in [-0.3, -0.25) is 0 Å². The first kappa shape index (κ1) is 15.6. The smallest absolute Gasteiger partial charge is 0.335 e. The number of carbonyl (C=O) groups is 1. The molecule has 0 aromatic heterocycles. The van der Waals surface area contributed by atoms with Crippen LogP contribution in [0.1, 0.15) is 41.3 Å². The Morgan fingerprint density at radius 2 is 2.00 bits per heavy atom. The van der Waals surface area contributed by atoms with Gasteiger partial charge in [0.1, 0.15) is 12.4 Å². The molecule has 2 rings (SSSR count). The summed E-state index contributed by atoms with van der Waals surface area (Å²) in [5.74, 6) is 0.280. The molecule has 0 radical (unpaired) electrons. The fourth-order valence-corrected chi connectivity index (χ4v) is 2.46. The highest BCUT2D eigenvalue weighted by molar-refractivity contribution is 9.10. The molecule has 0 aliphatic carbocycles. The Kier molecular flexibility index (Phi) is 5.02. The van der Waals surface area contributed by atoms with Crippen LogP contribution >= 0.6 is 15.9 Å². The van der Waals surface area contributed by atoms with Crippen LogP contribution in [-0.4, -0.2) is 11.1 Å². The van der Waals surface area contributed by atoms with Gasteiger partial charge >= 0.3 is 5.97 Å². The van der Waals surface area contributed by atoms with Crippen LogP contribution in [0.15, 0.2) is 46.9 Å². The number of carboxylic acid groups (broad SMARTS) is 1. The van der Waals surface area contributed by atoms with Crippen molar-refractivity contribution in [2.75, 3.05) is 0 Å². The zero-order valence-corrected chi connectivity index (χ0v) is 13.6. The normalized spacial score (nSPS) is 10.7. The van der Waals surface area contributed by atoms with E-state index in [1.165, 1.54) is 5.56 Å². The Morgan fingerprint density at radius 3 is 2.62 bits per heavy atom. The molecule has 0 spiro atoms. The number of aromatic carboxylic acids is 1. The minimum absolute atomic E-state index is 0.269. The maximum absolute atomic E-state index is 10.9. The van der Waals surface area contributed by atoms with E-state index in [0.29, 0.717) is 12.5 Å². The van der Waals surface area contributed by atoms with E-state index < -0.39 is 5.97 Å². The fraction of sp³-hybridized carbons (Fsp3) is 0.235. The summed E-state index contributed by atoms with van der Waals surface area (Å²) in [5.41, 5.74) is 2.34. The van der Waals surface area contributed by atoms with Gasteiger partial charge in [-0.25, -0.2) is 4.79 Å². The van der Waals surface area contributed by atoms with Crippen molar-refractivity contribution >= 4 is 21.9 Å². The predicted octanol–water partition coefficient (Wildman–Crippen LogP) is 4.85. The summed E-state index contributed by atoms with van der Waals surface area (Å²) < 4.78 is 6.66. The van der Waals surface area contributed by atoms with Crippen molar-refractivity contribution in [3.05, 3.63) is 63.6 Å². The highest BCUT2D eigenvalue weighted by Crippen LogP contribution is 2.29. The Labute approximate surface area is 132 Å². The van der Waals surface area contributed by atoms with E-state index in [2.05, 4.69) is 29.8 Å². The summed E-state index contributed by atoms with van der Waals surface area (Å²) in [6.45, 7) is 4.61. The van der Waals surface area contributed by atoms with Crippen molar-refractivity contribution in [2.45, 2.75) is 26.4 Å². The molecule has 2 aromatic carbocycles. The topological polar surface area (TPSA) is 46.5 Å². The van der Waals surface area contributed by atoms with Gasteiger partial charge in [0.05, 0.1) is 10.0 Å². The number of benzene rings is 2. The molecule has 0 heterocycles. The van der Waals surface area contributed by atoms with Crippen LogP contribution in [0.2, 0.25) is 0 Å². The van der Waals surface area contributed by atoms with Gasteiger partial charge in [-0.05, 0) is 57.2 Å². The molecule has 0 amide bonds. The number of ether oxygens (including phenoxy) is 1. The average Bonchev–Trinajstić information content (AvgIpc) is 2.46. The lowest BCUT2D eigenvalue weighted by Crippen LogP contribution is -2.00. The molecule has 0 atom stereocenters. The van der Waals surface area contributed by atoms with Crippen LogP contribution in [0.25, 0.3) is 0 Å². The first-order valence-corrected chi connectivity index (χ1v) is 7.51. The lowest BCUT2D eigenvalue weighted by Gasteiger charge is -2.11. The van der Waals surface area contributed by atoms with Gasteiger partial charge in [0, 0.05) is 0 Å². The number of hydrogen-bond acceptors (Lipinski definition) is 2. The maximum Gasteiger partial charge on any atom is 0.335 e. The van der Waals surface area contributed by atoms with Crippen LogP contribution < -0.4 is 4.74 Å². The van der Waals surface area contributed by atoms with Crippen LogP contribution in [0.4, 0.5) is 0 Å². The second-order valence-corrected chi connectivity index (χ2v) is 5.99. The summed E-state index contributed by atoms with van der Waals surface area (Å²) in [7, 11) is 0. The molecule has 0 saturated heterocycles. The first-order valence-electron chi connectivity index (χ1n) is 6.72. The maximum atomic E-state index is 10.9. The average molecular weight is 349 g/mol. The largest absolute Gasteiger partial charge is 0.488 e. The Morgan fingerprint density at radius 1 is 1.24 bits per heavy atom. The van der Waals surface area contributed by atoms with Crippen LogP contribution in [0.5, 0.6) is 5.75 Å². The molecule has 0 aliphatic heterocycles. The van der Waals surface area contributed by atoms with E-state index in [0.717, 1.165) is 15.8 Å². The molecule has 3 nitrogen and oxygen atoms in total. The highest BCUT2D eigenvalue weighted by Gasteiger charge is 2.07. The van der Waals surface area contributed by atoms with Crippen LogP contribution in [0, 0.1) is 0 Å². The first-order chi connectivity index (χ1) is 9.97. The fourth-order valence-electron chi connectivity index (χ4n) is 1.95. The minimum atomic E-state index is -0.931. The Bertz CT molecular complexity index is 650. The highest BCUT2D eigenvalue weighted by atomic mass is 79.9. The van der Waals surface area contributed by atoms with E-state index in [4.69, 9.17) is 9.84 Å². The minimum Gasteiger partial charge on any atom is -0.488 e. The van der Waals surface area contributed by atoms with Gasteiger partial charge in [0.15, 0.2) is 0 Å². The Hall–Kier alpha value is -1.81. The molecule has 0 bridgehead atoms. The van der Waals surface area contributed by atoms with Gasteiger partial charge in [0.25, 0.3) is 0 Å². The molecule has 1 N–H and O–H groups in total. The third-order valence-corrected chi connectivity index (χ3v) is 3.81. The van der Waals surface area contributed by atoms with Gasteiger partial charge < -0.3 is 9.84 Å². The van der Waals surface area contributed by atoms with Crippen molar-refractivity contribution in [1.82, 2.24) is 0 Å². The molecule has 0 fully saturated rings. The molecule has 0 saturated carbocycles. The molecular weight excluding hydrogens is 332 g/mol. The van der Waals surface area contributed by atoms with Gasteiger partial charge in [-0.1, -0.05) is 32.0 Å². The second kappa shape index (κ2) is 6.76. The molecule has 110 valence electrons. The van der Waals surface area contributed by atoms with Crippen molar-refractivity contribution in [1.29, 1.82) is 0 Å². The van der Waals surface area contributed by atoms with Crippen LogP contribution in [0.3, 0.4) is 0 Å². The molecular formula is C17H17BrO3. The zero-order valence-electron chi connectivity index (χ0n) is 12.0. The van der Waals surface area contributed by atoms with E-state index >= 15 is 0 Å². The molecule has 0 unspecified atom stereocenters. The molecule has 4 heteroatoms. The van der Waals surface area contributed by atoms with Crippen molar-refractivity contribution in [3.8, 4) is 5.75 Å². The van der Waals surface area contributed by atoms with Crippen LogP contribution in [-0.2, 0) is 6.61 Å². The van der Waals surface area contributed by atoms with E-state index in [1.54, 1.807) is 18.2 Å². The van der Waals surface area contributed by atoms with Gasteiger partial charge in [0.2, 0.25) is 0 Å². The monoisotopic (exact) mass is 348 g/mol. The summed E-state index contributed by atoms with van der Waals surface area (Å²) in [6, 6.07) is 12.8. The third kappa shape index (κ3) is 4.08. The summed E-state index contributed by atoms with van der Waals surface area (Å²) >= 11 is 3.51. The quantitative estimate of drug-likeness (QED) is 0.839. The zero-order chi connectivity index (χ0) is 15.4. The third-order valence-electron chi connectivity index (χ3n) is 3.19. The number of hydrogen-bond donors (Lipinski definition) is 1. The van der Waals surface area contributed by atoms with Gasteiger partial charge in [-0.15, -0.1) is 0 Å². The molecule has 21 heavy (non-hydrogen) atoms. The van der Waals surface area contributed by atoms with Gasteiger partial charge in [-0.2, -0.15) is 0 Å². The lowest BCUT2D eigenvalue weighted by molar-refractivity contribution is 0.0696. The summed E-state index contributed by atoms with van der Waals surface area (Å²) in [5, 5.41) is 8.97. The second-order valence-electron chi connectivity index (χ2n) is 5.14. The molecule has 2 aromatic rings. The van der Waals surface area contributed by atoms with Crippen molar-refractivity contribution in [2.24, 2.45) is 0 Å². The predicted molar refractivity (Wildman–Crippen MR) is 86.0 cm³/mol. The number of halogens is 1. The standard InChI is InChI=1S/C17H17BrO3/c1-11(2)13-6-7-16(15(18)9-13)21-10-12-4-3-5-14(8-12)17(19)20/h3-9,11H,10H2,1-2H3,(H,19,20). The Balaban J connectivity index is 2.09. The number of carboxylic acids is 1. The van der Waals surface area contributed by atoms with E-state index in [9.17, 15) is 4.79 Å². The molecule has 0 aliphatic rings. The van der Waals surface area contributed by atoms with E-state index in [1.807, 2.05) is 24.3 Å². The lowest BCUT2D eigenvalue weighted by atomic mass is 10.0. The van der Waals surface area contributed by atoms with Crippen molar-refractivity contribution < 1.29 is 14.6 Å². The summed E-state index contributed by atoms with van der Waals surface area (Å²) in [4.78, 5) is 10.9.